The lowest BCUT2D eigenvalue weighted by Gasteiger charge is -2.28. The van der Waals surface area contributed by atoms with Crippen molar-refractivity contribution in [2.45, 2.75) is 26.2 Å². The molecule has 1 aliphatic heterocycles. The maximum absolute atomic E-state index is 12.0. The number of sulfonamides is 1. The number of benzene rings is 1. The number of hydrogen-bond acceptors (Lipinski definition) is 4. The van der Waals surface area contributed by atoms with E-state index in [1.807, 2.05) is 6.92 Å². The lowest BCUT2D eigenvalue weighted by atomic mass is 10.2. The fraction of sp³-hybridized carbons (Fsp3) is 0.538. The SMILES string of the molecule is CCCNS(=O)(=O)Nc1ccc(N2CCCCS2(=O)=O)cc1. The van der Waals surface area contributed by atoms with Crippen molar-refractivity contribution >= 4 is 31.6 Å². The molecule has 0 radical (unpaired) electrons. The van der Waals surface area contributed by atoms with Crippen LogP contribution in [0.4, 0.5) is 11.4 Å². The molecule has 2 rings (SSSR count). The second-order valence-electron chi connectivity index (χ2n) is 5.14. The van der Waals surface area contributed by atoms with Gasteiger partial charge in [-0.05, 0) is 43.5 Å². The Balaban J connectivity index is 2.10. The summed E-state index contributed by atoms with van der Waals surface area (Å²) >= 11 is 0. The minimum absolute atomic E-state index is 0.155. The van der Waals surface area contributed by atoms with Crippen molar-refractivity contribution in [3.8, 4) is 0 Å². The molecule has 22 heavy (non-hydrogen) atoms. The number of rotatable bonds is 6. The van der Waals surface area contributed by atoms with Crippen LogP contribution in [-0.2, 0) is 20.2 Å². The lowest BCUT2D eigenvalue weighted by Crippen LogP contribution is -2.37. The predicted octanol–water partition coefficient (Wildman–Crippen LogP) is 1.27. The van der Waals surface area contributed by atoms with Crippen LogP contribution in [-0.4, -0.2) is 35.7 Å². The molecule has 0 bridgehead atoms. The summed E-state index contributed by atoms with van der Waals surface area (Å²) in [5, 5.41) is 0. The van der Waals surface area contributed by atoms with Gasteiger partial charge in [0.15, 0.2) is 0 Å². The van der Waals surface area contributed by atoms with Gasteiger partial charge >= 0.3 is 0 Å². The van der Waals surface area contributed by atoms with Gasteiger partial charge in [-0.3, -0.25) is 9.03 Å². The fourth-order valence-electron chi connectivity index (χ4n) is 2.20. The average molecular weight is 347 g/mol. The predicted molar refractivity (Wildman–Crippen MR) is 87.6 cm³/mol. The van der Waals surface area contributed by atoms with Crippen LogP contribution in [0, 0.1) is 0 Å². The maximum Gasteiger partial charge on any atom is 0.299 e. The first-order chi connectivity index (χ1) is 10.3. The Morgan fingerprint density at radius 1 is 1.18 bits per heavy atom. The summed E-state index contributed by atoms with van der Waals surface area (Å²) in [6.07, 6.45) is 2.21. The zero-order chi connectivity index (χ0) is 16.2. The van der Waals surface area contributed by atoms with Gasteiger partial charge in [-0.25, -0.2) is 8.42 Å². The first kappa shape index (κ1) is 17.0. The Morgan fingerprint density at radius 2 is 1.86 bits per heavy atom. The summed E-state index contributed by atoms with van der Waals surface area (Å²) in [6.45, 7) is 2.70. The van der Waals surface area contributed by atoms with Crippen molar-refractivity contribution in [3.63, 3.8) is 0 Å². The molecule has 0 aliphatic carbocycles. The fourth-order valence-corrected chi connectivity index (χ4v) is 4.83. The molecule has 1 heterocycles. The normalized spacial score (nSPS) is 18.1. The maximum atomic E-state index is 12.0. The Morgan fingerprint density at radius 3 is 2.45 bits per heavy atom. The van der Waals surface area contributed by atoms with Gasteiger partial charge in [0, 0.05) is 18.8 Å². The zero-order valence-corrected chi connectivity index (χ0v) is 14.1. The third-order valence-corrected chi connectivity index (χ3v) is 6.26. The summed E-state index contributed by atoms with van der Waals surface area (Å²) in [4.78, 5) is 0. The Labute approximate surface area is 131 Å². The molecule has 0 atom stereocenters. The van der Waals surface area contributed by atoms with Crippen molar-refractivity contribution < 1.29 is 16.8 Å². The van der Waals surface area contributed by atoms with Gasteiger partial charge in [0.25, 0.3) is 10.2 Å². The Hall–Kier alpha value is -1.32. The minimum atomic E-state index is -3.59. The van der Waals surface area contributed by atoms with Gasteiger partial charge in [0.05, 0.1) is 11.4 Å². The van der Waals surface area contributed by atoms with E-state index in [0.717, 1.165) is 6.42 Å². The van der Waals surface area contributed by atoms with Crippen molar-refractivity contribution in [1.82, 2.24) is 4.72 Å². The third-order valence-electron chi connectivity index (χ3n) is 3.30. The number of nitrogens with zero attached hydrogens (tertiary/aromatic N) is 1. The largest absolute Gasteiger partial charge is 0.299 e. The minimum Gasteiger partial charge on any atom is -0.271 e. The number of nitrogens with one attached hydrogen (secondary N) is 2. The molecule has 1 saturated heterocycles. The van der Waals surface area contributed by atoms with Crippen LogP contribution in [0.5, 0.6) is 0 Å². The van der Waals surface area contributed by atoms with E-state index in [-0.39, 0.29) is 5.75 Å². The molecule has 9 heteroatoms. The molecule has 2 N–H and O–H groups in total. The third kappa shape index (κ3) is 4.34. The van der Waals surface area contributed by atoms with Crippen LogP contribution in [0.1, 0.15) is 26.2 Å². The highest BCUT2D eigenvalue weighted by molar-refractivity contribution is 7.92. The molecule has 0 amide bonds. The molecule has 1 fully saturated rings. The summed E-state index contributed by atoms with van der Waals surface area (Å²) in [5.74, 6) is 0.155. The van der Waals surface area contributed by atoms with Gasteiger partial charge in [-0.1, -0.05) is 6.92 Å². The molecule has 1 aliphatic rings. The van der Waals surface area contributed by atoms with Crippen LogP contribution in [0.2, 0.25) is 0 Å². The first-order valence-corrected chi connectivity index (χ1v) is 10.3. The zero-order valence-electron chi connectivity index (χ0n) is 12.4. The molecule has 124 valence electrons. The standard InChI is InChI=1S/C13H21N3O4S2/c1-2-9-14-22(19,20)15-12-5-7-13(8-6-12)16-10-3-4-11-21(16,17)18/h5-8,14-15H,2-4,9-11H2,1H3. The summed E-state index contributed by atoms with van der Waals surface area (Å²) in [7, 11) is -6.84. The van der Waals surface area contributed by atoms with Crippen molar-refractivity contribution in [2.75, 3.05) is 27.9 Å². The van der Waals surface area contributed by atoms with E-state index in [1.165, 1.54) is 4.31 Å². The average Bonchev–Trinajstić information content (AvgIpc) is 2.46. The quantitative estimate of drug-likeness (QED) is 0.810. The Bertz CT molecular complexity index is 699. The topological polar surface area (TPSA) is 95.6 Å². The molecule has 0 spiro atoms. The highest BCUT2D eigenvalue weighted by Gasteiger charge is 2.25. The van der Waals surface area contributed by atoms with Crippen molar-refractivity contribution in [3.05, 3.63) is 24.3 Å². The molecule has 0 saturated carbocycles. The number of anilines is 2. The Kier molecular flexibility index (Phi) is 5.30. The van der Waals surface area contributed by atoms with Crippen LogP contribution >= 0.6 is 0 Å². The summed E-state index contributed by atoms with van der Waals surface area (Å²) < 4.78 is 53.7. The van der Waals surface area contributed by atoms with E-state index in [0.29, 0.717) is 37.3 Å². The van der Waals surface area contributed by atoms with E-state index in [4.69, 9.17) is 0 Å². The summed E-state index contributed by atoms with van der Waals surface area (Å²) in [6, 6.07) is 6.34. The van der Waals surface area contributed by atoms with Gasteiger partial charge < -0.3 is 0 Å². The van der Waals surface area contributed by atoms with Crippen molar-refractivity contribution in [1.29, 1.82) is 0 Å². The van der Waals surface area contributed by atoms with E-state index >= 15 is 0 Å². The molecular weight excluding hydrogens is 326 g/mol. The molecular formula is C13H21N3O4S2. The summed E-state index contributed by atoms with van der Waals surface area (Å²) in [5.41, 5.74) is 0.950. The molecule has 7 nitrogen and oxygen atoms in total. The monoisotopic (exact) mass is 347 g/mol. The van der Waals surface area contributed by atoms with E-state index in [9.17, 15) is 16.8 Å². The van der Waals surface area contributed by atoms with Crippen LogP contribution < -0.4 is 13.7 Å². The molecule has 1 aromatic carbocycles. The smallest absolute Gasteiger partial charge is 0.271 e. The second kappa shape index (κ2) is 6.84. The van der Waals surface area contributed by atoms with Crippen LogP contribution in [0.3, 0.4) is 0 Å². The second-order valence-corrected chi connectivity index (χ2v) is 8.65. The van der Waals surface area contributed by atoms with Gasteiger partial charge in [0.2, 0.25) is 10.0 Å². The lowest BCUT2D eigenvalue weighted by molar-refractivity contribution is 0.574. The van der Waals surface area contributed by atoms with Gasteiger partial charge in [-0.2, -0.15) is 13.1 Å². The van der Waals surface area contributed by atoms with E-state index in [1.54, 1.807) is 24.3 Å². The van der Waals surface area contributed by atoms with Crippen LogP contribution in [0.25, 0.3) is 0 Å². The number of hydrogen-bond donors (Lipinski definition) is 2. The molecule has 0 unspecified atom stereocenters. The highest BCUT2D eigenvalue weighted by atomic mass is 32.2. The van der Waals surface area contributed by atoms with E-state index in [2.05, 4.69) is 9.44 Å². The van der Waals surface area contributed by atoms with Gasteiger partial charge in [0.1, 0.15) is 0 Å². The van der Waals surface area contributed by atoms with Crippen LogP contribution in [0.15, 0.2) is 24.3 Å². The van der Waals surface area contributed by atoms with Gasteiger partial charge in [-0.15, -0.1) is 0 Å². The molecule has 0 aromatic heterocycles. The van der Waals surface area contributed by atoms with Crippen molar-refractivity contribution in [2.24, 2.45) is 0 Å². The molecule has 1 aromatic rings. The highest BCUT2D eigenvalue weighted by Crippen LogP contribution is 2.25. The van der Waals surface area contributed by atoms with E-state index < -0.39 is 20.2 Å². The first-order valence-electron chi connectivity index (χ1n) is 7.22.